The van der Waals surface area contributed by atoms with Gasteiger partial charge in [-0.15, -0.1) is 0 Å². The van der Waals surface area contributed by atoms with Crippen molar-refractivity contribution >= 4 is 32.0 Å². The Kier molecular flexibility index (Phi) is 3.17. The predicted octanol–water partition coefficient (Wildman–Crippen LogP) is 2.34. The summed E-state index contributed by atoms with van der Waals surface area (Å²) in [6.45, 7) is 1.88. The molecule has 0 spiro atoms. The number of pyridine rings is 1. The van der Waals surface area contributed by atoms with Gasteiger partial charge in [-0.2, -0.15) is 10.4 Å². The first kappa shape index (κ1) is 15.4. The van der Waals surface area contributed by atoms with E-state index in [9.17, 15) is 13.7 Å². The Hall–Kier alpha value is -3.18. The van der Waals surface area contributed by atoms with Crippen molar-refractivity contribution in [2.24, 2.45) is 7.05 Å². The van der Waals surface area contributed by atoms with Gasteiger partial charge in [-0.3, -0.25) is 4.68 Å². The Labute approximate surface area is 143 Å². The third-order valence-electron chi connectivity index (χ3n) is 4.18. The summed E-state index contributed by atoms with van der Waals surface area (Å²) in [6.07, 6.45) is 4.51. The van der Waals surface area contributed by atoms with Crippen molar-refractivity contribution in [1.29, 1.82) is 5.26 Å². The molecule has 0 fully saturated rings. The van der Waals surface area contributed by atoms with Crippen LogP contribution in [-0.2, 0) is 17.1 Å². The lowest BCUT2D eigenvalue weighted by molar-refractivity contribution is 0.588. The normalized spacial score (nSPS) is 11.9. The van der Waals surface area contributed by atoms with Gasteiger partial charge in [0.1, 0.15) is 6.07 Å². The number of hydrogen-bond donors (Lipinski definition) is 0. The van der Waals surface area contributed by atoms with E-state index in [-0.39, 0.29) is 16.1 Å². The molecular formula is C17H13N5O2S. The molecule has 0 saturated heterocycles. The van der Waals surface area contributed by atoms with Crippen molar-refractivity contribution in [3.63, 3.8) is 0 Å². The lowest BCUT2D eigenvalue weighted by Crippen LogP contribution is -2.12. The van der Waals surface area contributed by atoms with Gasteiger partial charge in [0.2, 0.25) is 0 Å². The monoisotopic (exact) mass is 351 g/mol. The minimum atomic E-state index is -3.86. The molecule has 3 heterocycles. The number of hydrogen-bond acceptors (Lipinski definition) is 5. The second kappa shape index (κ2) is 5.16. The maximum absolute atomic E-state index is 13.0. The fourth-order valence-corrected chi connectivity index (χ4v) is 4.22. The van der Waals surface area contributed by atoms with Crippen molar-refractivity contribution < 1.29 is 8.42 Å². The van der Waals surface area contributed by atoms with E-state index < -0.39 is 10.0 Å². The average Bonchev–Trinajstić information content (AvgIpc) is 3.16. The maximum atomic E-state index is 13.0. The SMILES string of the molecule is Cc1ccc(S(=O)(=O)n2cc(C#N)c3c2ncc2cnn(C)c23)cc1. The van der Waals surface area contributed by atoms with E-state index in [0.29, 0.717) is 10.9 Å². The van der Waals surface area contributed by atoms with Crippen LogP contribution < -0.4 is 0 Å². The fraction of sp³-hybridized carbons (Fsp3) is 0.118. The number of aryl methyl sites for hydroxylation is 2. The smallest absolute Gasteiger partial charge is 0.267 e. The predicted molar refractivity (Wildman–Crippen MR) is 92.5 cm³/mol. The van der Waals surface area contributed by atoms with Gasteiger partial charge in [-0.25, -0.2) is 17.4 Å². The molecule has 0 atom stereocenters. The van der Waals surface area contributed by atoms with Crippen LogP contribution in [-0.4, -0.2) is 27.2 Å². The summed E-state index contributed by atoms with van der Waals surface area (Å²) >= 11 is 0. The molecule has 0 aliphatic rings. The quantitative estimate of drug-likeness (QED) is 0.552. The summed E-state index contributed by atoms with van der Waals surface area (Å²) in [7, 11) is -2.12. The third kappa shape index (κ3) is 2.13. The molecular weight excluding hydrogens is 338 g/mol. The molecule has 0 amide bonds. The van der Waals surface area contributed by atoms with E-state index in [2.05, 4.69) is 16.2 Å². The first-order valence-electron chi connectivity index (χ1n) is 7.47. The largest absolute Gasteiger partial charge is 0.269 e. The highest BCUT2D eigenvalue weighted by Gasteiger charge is 2.24. The lowest BCUT2D eigenvalue weighted by Gasteiger charge is -2.07. The highest BCUT2D eigenvalue weighted by Crippen LogP contribution is 2.30. The second-order valence-electron chi connectivity index (χ2n) is 5.80. The number of nitrogens with zero attached hydrogens (tertiary/aromatic N) is 5. The summed E-state index contributed by atoms with van der Waals surface area (Å²) in [5.74, 6) is 0. The Morgan fingerprint density at radius 1 is 1.16 bits per heavy atom. The van der Waals surface area contributed by atoms with Crippen molar-refractivity contribution in [1.82, 2.24) is 18.7 Å². The van der Waals surface area contributed by atoms with E-state index in [1.54, 1.807) is 48.4 Å². The Morgan fingerprint density at radius 3 is 2.56 bits per heavy atom. The van der Waals surface area contributed by atoms with Crippen LogP contribution in [0.15, 0.2) is 47.8 Å². The van der Waals surface area contributed by atoms with Crippen LogP contribution in [0.25, 0.3) is 21.9 Å². The molecule has 25 heavy (non-hydrogen) atoms. The molecule has 8 heteroatoms. The standard InChI is InChI=1S/C17H13N5O2S/c1-11-3-5-14(6-4-11)25(23,24)22-10-12(7-18)15-16-13(8-19-17(15)22)9-20-21(16)2/h3-6,8-10H,1-2H3. The molecule has 3 aromatic heterocycles. The van der Waals surface area contributed by atoms with Gasteiger partial charge in [-0.1, -0.05) is 17.7 Å². The van der Waals surface area contributed by atoms with Crippen LogP contribution >= 0.6 is 0 Å². The Bertz CT molecular complexity index is 1270. The zero-order valence-corrected chi connectivity index (χ0v) is 14.3. The lowest BCUT2D eigenvalue weighted by atomic mass is 10.2. The molecule has 0 aliphatic heterocycles. The van der Waals surface area contributed by atoms with Crippen molar-refractivity contribution in [2.75, 3.05) is 0 Å². The Morgan fingerprint density at radius 2 is 1.88 bits per heavy atom. The van der Waals surface area contributed by atoms with E-state index >= 15 is 0 Å². The summed E-state index contributed by atoms with van der Waals surface area (Å²) in [5, 5.41) is 14.9. The molecule has 4 rings (SSSR count). The maximum Gasteiger partial charge on any atom is 0.269 e. The molecule has 1 aromatic carbocycles. The summed E-state index contributed by atoms with van der Waals surface area (Å²) in [5.41, 5.74) is 2.10. The Balaban J connectivity index is 2.10. The van der Waals surface area contributed by atoms with Gasteiger partial charge in [0.15, 0.2) is 5.65 Å². The van der Waals surface area contributed by atoms with Gasteiger partial charge in [-0.05, 0) is 19.1 Å². The minimum Gasteiger partial charge on any atom is -0.267 e. The van der Waals surface area contributed by atoms with Gasteiger partial charge in [0, 0.05) is 24.8 Å². The number of rotatable bonds is 2. The van der Waals surface area contributed by atoms with Gasteiger partial charge in [0.25, 0.3) is 10.0 Å². The van der Waals surface area contributed by atoms with Crippen LogP contribution in [0.5, 0.6) is 0 Å². The van der Waals surface area contributed by atoms with Gasteiger partial charge >= 0.3 is 0 Å². The molecule has 0 aliphatic carbocycles. The molecule has 4 aromatic rings. The zero-order chi connectivity index (χ0) is 17.8. The van der Waals surface area contributed by atoms with E-state index in [4.69, 9.17) is 0 Å². The summed E-state index contributed by atoms with van der Waals surface area (Å²) in [4.78, 5) is 4.42. The summed E-state index contributed by atoms with van der Waals surface area (Å²) in [6, 6.07) is 8.62. The molecule has 0 saturated carbocycles. The van der Waals surface area contributed by atoms with Gasteiger partial charge < -0.3 is 0 Å². The van der Waals surface area contributed by atoms with Crippen LogP contribution in [0, 0.1) is 18.3 Å². The molecule has 0 radical (unpaired) electrons. The first-order chi connectivity index (χ1) is 11.9. The second-order valence-corrected chi connectivity index (χ2v) is 7.61. The minimum absolute atomic E-state index is 0.145. The highest BCUT2D eigenvalue weighted by molar-refractivity contribution is 7.90. The molecule has 0 bridgehead atoms. The third-order valence-corrected chi connectivity index (χ3v) is 5.84. The topological polar surface area (TPSA) is 93.6 Å². The zero-order valence-electron chi connectivity index (χ0n) is 13.5. The van der Waals surface area contributed by atoms with E-state index in [0.717, 1.165) is 14.9 Å². The van der Waals surface area contributed by atoms with E-state index in [1.165, 1.54) is 6.20 Å². The average molecular weight is 351 g/mol. The molecule has 7 nitrogen and oxygen atoms in total. The van der Waals surface area contributed by atoms with Crippen molar-refractivity contribution in [2.45, 2.75) is 11.8 Å². The van der Waals surface area contributed by atoms with Crippen molar-refractivity contribution in [3.8, 4) is 6.07 Å². The fourth-order valence-electron chi connectivity index (χ4n) is 2.91. The number of nitriles is 1. The van der Waals surface area contributed by atoms with Crippen LogP contribution in [0.1, 0.15) is 11.1 Å². The number of aromatic nitrogens is 4. The number of fused-ring (bicyclic) bond motifs is 3. The molecule has 0 unspecified atom stereocenters. The molecule has 124 valence electrons. The van der Waals surface area contributed by atoms with Crippen LogP contribution in [0.3, 0.4) is 0 Å². The molecule has 0 N–H and O–H groups in total. The summed E-state index contributed by atoms with van der Waals surface area (Å²) < 4.78 is 28.8. The number of benzene rings is 1. The van der Waals surface area contributed by atoms with Crippen LogP contribution in [0.4, 0.5) is 0 Å². The van der Waals surface area contributed by atoms with Crippen molar-refractivity contribution in [3.05, 3.63) is 54.0 Å². The van der Waals surface area contributed by atoms with E-state index in [1.807, 2.05) is 6.92 Å². The van der Waals surface area contributed by atoms with Gasteiger partial charge in [0.05, 0.1) is 27.6 Å². The van der Waals surface area contributed by atoms with Crippen LogP contribution in [0.2, 0.25) is 0 Å². The highest BCUT2D eigenvalue weighted by atomic mass is 32.2. The first-order valence-corrected chi connectivity index (χ1v) is 8.91.